The van der Waals surface area contributed by atoms with Gasteiger partial charge in [-0.2, -0.15) is 0 Å². The molecule has 0 radical (unpaired) electrons. The second kappa shape index (κ2) is 6.10. The molecule has 3 aromatic rings. The summed E-state index contributed by atoms with van der Waals surface area (Å²) in [6, 6.07) is 3.87. The van der Waals surface area contributed by atoms with Gasteiger partial charge in [-0.3, -0.25) is 15.0 Å². The first-order chi connectivity index (χ1) is 11.7. The van der Waals surface area contributed by atoms with E-state index in [9.17, 15) is 9.59 Å². The molecule has 1 aliphatic rings. The molecule has 4 rings (SSSR count). The molecule has 3 aromatic heterocycles. The van der Waals surface area contributed by atoms with Crippen LogP contribution in [0.5, 0.6) is 0 Å². The summed E-state index contributed by atoms with van der Waals surface area (Å²) >= 11 is 2.94. The molecule has 0 atom stereocenters. The minimum Gasteiger partial charge on any atom is -0.494 e. The lowest BCUT2D eigenvalue weighted by molar-refractivity contribution is -0.118. The van der Waals surface area contributed by atoms with Gasteiger partial charge in [-0.25, -0.2) is 9.66 Å². The van der Waals surface area contributed by atoms with Crippen molar-refractivity contribution in [2.45, 2.75) is 0 Å². The lowest BCUT2D eigenvalue weighted by atomic mass is 10.2. The van der Waals surface area contributed by atoms with Crippen molar-refractivity contribution >= 4 is 38.8 Å². The third-order valence-corrected chi connectivity index (χ3v) is 5.17. The van der Waals surface area contributed by atoms with Crippen molar-refractivity contribution in [2.24, 2.45) is 0 Å². The van der Waals surface area contributed by atoms with Gasteiger partial charge in [0.2, 0.25) is 5.76 Å². The number of carbonyl (C=O) groups excluding carboxylic acids is 1. The molecular formula is C15H11N3O4S2. The molecule has 122 valence electrons. The second-order valence-corrected chi connectivity index (χ2v) is 6.67. The van der Waals surface area contributed by atoms with Crippen molar-refractivity contribution in [1.29, 1.82) is 0 Å². The number of fused-ring (bicyclic) bond motifs is 1. The minimum atomic E-state index is -0.564. The fourth-order valence-corrected chi connectivity index (χ4v) is 4.00. The van der Waals surface area contributed by atoms with E-state index in [0.29, 0.717) is 23.4 Å². The molecule has 0 spiro atoms. The predicted octanol–water partition coefficient (Wildman–Crippen LogP) is 2.14. The average Bonchev–Trinajstić information content (AvgIpc) is 3.27. The Morgan fingerprint density at radius 1 is 1.33 bits per heavy atom. The van der Waals surface area contributed by atoms with Crippen molar-refractivity contribution in [2.75, 3.05) is 18.6 Å². The molecule has 1 aliphatic heterocycles. The normalized spacial score (nSPS) is 13.9. The van der Waals surface area contributed by atoms with E-state index in [1.54, 1.807) is 11.3 Å². The summed E-state index contributed by atoms with van der Waals surface area (Å²) in [5.74, 6) is -0.539. The van der Waals surface area contributed by atoms with Crippen LogP contribution in [0.25, 0.3) is 20.7 Å². The van der Waals surface area contributed by atoms with E-state index in [1.807, 2.05) is 22.9 Å². The molecule has 1 N–H and O–H groups in total. The summed E-state index contributed by atoms with van der Waals surface area (Å²) in [5.41, 5.74) is 2.96. The van der Waals surface area contributed by atoms with Gasteiger partial charge in [-0.05, 0) is 11.4 Å². The first-order valence-electron chi connectivity index (χ1n) is 7.02. The van der Waals surface area contributed by atoms with Crippen molar-refractivity contribution in [3.8, 4) is 10.4 Å². The summed E-state index contributed by atoms with van der Waals surface area (Å²) in [7, 11) is 0. The molecule has 7 nitrogen and oxygen atoms in total. The molecule has 0 saturated carbocycles. The Kier molecular flexibility index (Phi) is 3.79. The molecule has 0 saturated heterocycles. The second-order valence-electron chi connectivity index (χ2n) is 4.87. The Morgan fingerprint density at radius 3 is 3.00 bits per heavy atom. The molecular weight excluding hydrogens is 350 g/mol. The van der Waals surface area contributed by atoms with Crippen molar-refractivity contribution in [1.82, 2.24) is 9.66 Å². The van der Waals surface area contributed by atoms with Crippen LogP contribution in [0.4, 0.5) is 0 Å². The average molecular weight is 361 g/mol. The number of hydrogen-bond donors (Lipinski definition) is 1. The highest BCUT2D eigenvalue weighted by Gasteiger charge is 2.18. The monoisotopic (exact) mass is 361 g/mol. The Morgan fingerprint density at radius 2 is 2.25 bits per heavy atom. The van der Waals surface area contributed by atoms with Gasteiger partial charge >= 0.3 is 5.91 Å². The highest BCUT2D eigenvalue weighted by atomic mass is 32.1. The van der Waals surface area contributed by atoms with Gasteiger partial charge in [0.15, 0.2) is 0 Å². The maximum atomic E-state index is 12.8. The number of thiophene rings is 2. The quantitative estimate of drug-likeness (QED) is 0.773. The van der Waals surface area contributed by atoms with E-state index in [4.69, 9.17) is 9.47 Å². The van der Waals surface area contributed by atoms with Crippen LogP contribution in [0.15, 0.2) is 46.0 Å². The van der Waals surface area contributed by atoms with Crippen LogP contribution in [0.3, 0.4) is 0 Å². The van der Waals surface area contributed by atoms with Crippen LogP contribution < -0.4 is 11.0 Å². The van der Waals surface area contributed by atoms with E-state index < -0.39 is 5.91 Å². The Bertz CT molecular complexity index is 988. The molecule has 24 heavy (non-hydrogen) atoms. The van der Waals surface area contributed by atoms with Gasteiger partial charge in [0.05, 0.1) is 5.39 Å². The van der Waals surface area contributed by atoms with E-state index in [-0.39, 0.29) is 11.3 Å². The van der Waals surface area contributed by atoms with Gasteiger partial charge < -0.3 is 9.47 Å². The highest BCUT2D eigenvalue weighted by Crippen LogP contribution is 2.33. The Balaban J connectivity index is 1.73. The van der Waals surface area contributed by atoms with Gasteiger partial charge in [0, 0.05) is 15.8 Å². The maximum absolute atomic E-state index is 12.8. The smallest absolute Gasteiger partial charge is 0.308 e. The molecule has 0 aromatic carbocycles. The van der Waals surface area contributed by atoms with Crippen LogP contribution in [-0.2, 0) is 14.3 Å². The van der Waals surface area contributed by atoms with Crippen LogP contribution in [0, 0.1) is 0 Å². The first kappa shape index (κ1) is 14.9. The Hall–Kier alpha value is -2.65. The summed E-state index contributed by atoms with van der Waals surface area (Å²) in [6.45, 7) is 0.682. The number of nitrogens with one attached hydrogen (secondary N) is 1. The maximum Gasteiger partial charge on any atom is 0.308 e. The largest absolute Gasteiger partial charge is 0.494 e. The van der Waals surface area contributed by atoms with Gasteiger partial charge in [0.25, 0.3) is 5.56 Å². The molecule has 4 heterocycles. The van der Waals surface area contributed by atoms with E-state index >= 15 is 0 Å². The molecule has 0 fully saturated rings. The van der Waals surface area contributed by atoms with Crippen molar-refractivity contribution < 1.29 is 14.3 Å². The minimum absolute atomic E-state index is 0.0250. The highest BCUT2D eigenvalue weighted by molar-refractivity contribution is 7.18. The van der Waals surface area contributed by atoms with Crippen molar-refractivity contribution in [3.63, 3.8) is 0 Å². The zero-order valence-corrected chi connectivity index (χ0v) is 13.9. The zero-order chi connectivity index (χ0) is 16.5. The fraction of sp³-hybridized carbons (Fsp3) is 0.133. The zero-order valence-electron chi connectivity index (χ0n) is 12.2. The third-order valence-electron chi connectivity index (χ3n) is 3.38. The number of rotatable bonds is 3. The van der Waals surface area contributed by atoms with E-state index in [0.717, 1.165) is 15.1 Å². The Labute approximate surface area is 143 Å². The standard InChI is InChI=1S/C15H11N3O4S2/c19-13(10-6-21-3-4-22-10)17-18-8-16-14-12(15(18)20)9(7-24-14)11-2-1-5-23-11/h1-2,5-8H,3-4H2,(H,17,19). The van der Waals surface area contributed by atoms with Crippen LogP contribution in [-0.4, -0.2) is 28.8 Å². The van der Waals surface area contributed by atoms with Crippen molar-refractivity contribution in [3.05, 3.63) is 51.6 Å². The summed E-state index contributed by atoms with van der Waals surface area (Å²) in [4.78, 5) is 30.8. The van der Waals surface area contributed by atoms with Gasteiger partial charge in [-0.1, -0.05) is 6.07 Å². The van der Waals surface area contributed by atoms with Crippen LogP contribution >= 0.6 is 22.7 Å². The number of amides is 1. The number of ether oxygens (including phenoxy) is 2. The van der Waals surface area contributed by atoms with Crippen LogP contribution in [0.1, 0.15) is 0 Å². The number of carbonyl (C=O) groups is 1. The fourth-order valence-electron chi connectivity index (χ4n) is 2.28. The molecule has 0 unspecified atom stereocenters. The number of nitrogens with zero attached hydrogens (tertiary/aromatic N) is 2. The molecule has 9 heteroatoms. The summed E-state index contributed by atoms with van der Waals surface area (Å²) in [6.07, 6.45) is 2.53. The van der Waals surface area contributed by atoms with Gasteiger partial charge in [0.1, 0.15) is 30.6 Å². The first-order valence-corrected chi connectivity index (χ1v) is 8.78. The third kappa shape index (κ3) is 2.57. The molecule has 1 amide bonds. The lowest BCUT2D eigenvalue weighted by Crippen LogP contribution is -2.35. The van der Waals surface area contributed by atoms with Gasteiger partial charge in [-0.15, -0.1) is 22.7 Å². The number of aromatic nitrogens is 2. The van der Waals surface area contributed by atoms with Crippen LogP contribution in [0.2, 0.25) is 0 Å². The topological polar surface area (TPSA) is 82.5 Å². The number of hydrogen-bond acceptors (Lipinski definition) is 7. The molecule has 0 bridgehead atoms. The predicted molar refractivity (Wildman–Crippen MR) is 91.5 cm³/mol. The summed E-state index contributed by atoms with van der Waals surface area (Å²) in [5, 5.41) is 4.33. The van der Waals surface area contributed by atoms with E-state index in [2.05, 4.69) is 10.4 Å². The molecule has 0 aliphatic carbocycles. The van der Waals surface area contributed by atoms with E-state index in [1.165, 1.54) is 23.9 Å². The SMILES string of the molecule is O=C(Nn1cnc2scc(-c3cccs3)c2c1=O)C1=COCCO1. The lowest BCUT2D eigenvalue weighted by Gasteiger charge is -2.15. The summed E-state index contributed by atoms with van der Waals surface area (Å²) < 4.78 is 11.3.